The number of rotatable bonds is 3. The largest absolute Gasteiger partial charge is 0.381 e. The Bertz CT molecular complexity index is 1070. The van der Waals surface area contributed by atoms with Crippen LogP contribution >= 0.6 is 11.6 Å². The van der Waals surface area contributed by atoms with Gasteiger partial charge in [-0.05, 0) is 25.7 Å². The molecule has 0 aliphatic carbocycles. The predicted molar refractivity (Wildman–Crippen MR) is 100 cm³/mol. The Morgan fingerprint density at radius 2 is 1.72 bits per heavy atom. The second kappa shape index (κ2) is 6.84. The van der Waals surface area contributed by atoms with Crippen molar-refractivity contribution in [3.8, 4) is 11.1 Å². The van der Waals surface area contributed by atoms with Gasteiger partial charge < -0.3 is 9.64 Å². The minimum Gasteiger partial charge on any atom is -0.381 e. The summed E-state index contributed by atoms with van der Waals surface area (Å²) in [5, 5.41) is 4.11. The summed E-state index contributed by atoms with van der Waals surface area (Å²) in [7, 11) is 1.69. The van der Waals surface area contributed by atoms with Crippen LogP contribution in [0.2, 0.25) is 5.15 Å². The summed E-state index contributed by atoms with van der Waals surface area (Å²) in [6, 6.07) is 1.45. The quantitative estimate of drug-likeness (QED) is 0.596. The van der Waals surface area contributed by atoms with Gasteiger partial charge in [0.2, 0.25) is 0 Å². The summed E-state index contributed by atoms with van der Waals surface area (Å²) in [6.45, 7) is 0. The number of anilines is 1. The second-order valence-corrected chi connectivity index (χ2v) is 7.80. The average Bonchev–Trinajstić information content (AvgIpc) is 3.22. The highest BCUT2D eigenvalue weighted by molar-refractivity contribution is 6.33. The first-order valence-corrected chi connectivity index (χ1v) is 9.71. The Balaban J connectivity index is 1.78. The fourth-order valence-corrected chi connectivity index (χ4v) is 4.96. The Kier molecular flexibility index (Phi) is 4.40. The van der Waals surface area contributed by atoms with Crippen molar-refractivity contribution in [1.82, 2.24) is 19.6 Å². The number of hydrogen-bond acceptors (Lipinski definition) is 5. The van der Waals surface area contributed by atoms with Crippen LogP contribution in [-0.2, 0) is 4.74 Å². The number of halogens is 4. The molecule has 2 aliphatic rings. The number of ether oxygens (including phenoxy) is 1. The maximum atomic E-state index is 14.7. The van der Waals surface area contributed by atoms with E-state index in [4.69, 9.17) is 16.3 Å². The van der Waals surface area contributed by atoms with Crippen molar-refractivity contribution in [2.45, 2.75) is 43.9 Å². The Hall–Kier alpha value is -2.39. The lowest BCUT2D eigenvalue weighted by Crippen LogP contribution is -2.46. The third-order valence-corrected chi connectivity index (χ3v) is 6.16. The van der Waals surface area contributed by atoms with Crippen molar-refractivity contribution in [2.75, 3.05) is 12.0 Å². The molecule has 5 rings (SSSR count). The van der Waals surface area contributed by atoms with Gasteiger partial charge >= 0.3 is 0 Å². The molecule has 0 radical (unpaired) electrons. The van der Waals surface area contributed by atoms with Crippen molar-refractivity contribution in [2.24, 2.45) is 0 Å². The van der Waals surface area contributed by atoms with Gasteiger partial charge in [-0.25, -0.2) is 13.2 Å². The summed E-state index contributed by atoms with van der Waals surface area (Å²) in [5.74, 6) is -2.46. The molecule has 2 fully saturated rings. The molecule has 0 spiro atoms. The molecule has 2 aromatic heterocycles. The monoisotopic (exact) mass is 423 g/mol. The van der Waals surface area contributed by atoms with Gasteiger partial charge in [-0.2, -0.15) is 19.6 Å². The van der Waals surface area contributed by atoms with E-state index in [0.717, 1.165) is 25.7 Å². The molecule has 1 unspecified atom stereocenters. The minimum atomic E-state index is -1.05. The van der Waals surface area contributed by atoms with Gasteiger partial charge in [0.25, 0.3) is 5.78 Å². The van der Waals surface area contributed by atoms with Crippen LogP contribution in [0.25, 0.3) is 16.9 Å². The van der Waals surface area contributed by atoms with Gasteiger partial charge in [0.05, 0.1) is 17.2 Å². The zero-order chi connectivity index (χ0) is 20.3. The molecule has 29 heavy (non-hydrogen) atoms. The summed E-state index contributed by atoms with van der Waals surface area (Å²) in [4.78, 5) is 10.3. The van der Waals surface area contributed by atoms with Crippen LogP contribution in [0.4, 0.5) is 19.0 Å². The Labute approximate surface area is 169 Å². The zero-order valence-electron chi connectivity index (χ0n) is 15.4. The third kappa shape index (κ3) is 2.86. The predicted octanol–water partition coefficient (Wildman–Crippen LogP) is 4.01. The second-order valence-electron chi connectivity index (χ2n) is 7.44. The molecular weight excluding hydrogens is 407 g/mol. The molecular formula is C19H17ClF3N5O. The first-order chi connectivity index (χ1) is 14.0. The average molecular weight is 424 g/mol. The maximum absolute atomic E-state index is 14.7. The zero-order valence-corrected chi connectivity index (χ0v) is 16.2. The van der Waals surface area contributed by atoms with Gasteiger partial charge in [-0.15, -0.1) is 0 Å². The molecule has 3 aromatic rings. The molecule has 4 heterocycles. The molecule has 0 N–H and O–H groups in total. The van der Waals surface area contributed by atoms with E-state index in [1.54, 1.807) is 7.11 Å². The molecule has 3 atom stereocenters. The van der Waals surface area contributed by atoms with Crippen LogP contribution in [0.3, 0.4) is 0 Å². The van der Waals surface area contributed by atoms with Crippen molar-refractivity contribution in [3.63, 3.8) is 0 Å². The lowest BCUT2D eigenvalue weighted by Gasteiger charge is -2.40. The minimum absolute atomic E-state index is 0.0485. The van der Waals surface area contributed by atoms with Crippen LogP contribution in [0.1, 0.15) is 25.7 Å². The number of fused-ring (bicyclic) bond motifs is 3. The van der Waals surface area contributed by atoms with E-state index in [0.29, 0.717) is 18.0 Å². The van der Waals surface area contributed by atoms with Crippen molar-refractivity contribution < 1.29 is 17.9 Å². The van der Waals surface area contributed by atoms with Gasteiger partial charge in [-0.3, -0.25) is 0 Å². The molecule has 2 bridgehead atoms. The van der Waals surface area contributed by atoms with Gasteiger partial charge in [0.15, 0.2) is 0 Å². The number of piperidine rings is 1. The smallest absolute Gasteiger partial charge is 0.255 e. The number of hydrogen-bond donors (Lipinski definition) is 0. The van der Waals surface area contributed by atoms with Crippen LogP contribution in [0.5, 0.6) is 0 Å². The number of methoxy groups -OCH3 is 1. The maximum Gasteiger partial charge on any atom is 0.255 e. The lowest BCUT2D eigenvalue weighted by molar-refractivity contribution is 0.0681. The lowest BCUT2D eigenvalue weighted by atomic mass is 9.97. The fourth-order valence-electron chi connectivity index (χ4n) is 4.70. The molecule has 0 saturated carbocycles. The molecule has 2 saturated heterocycles. The first kappa shape index (κ1) is 18.6. The number of nitrogens with zero attached hydrogens (tertiary/aromatic N) is 5. The van der Waals surface area contributed by atoms with E-state index in [1.165, 1.54) is 10.8 Å². The molecule has 10 heteroatoms. The van der Waals surface area contributed by atoms with Crippen LogP contribution in [-0.4, -0.2) is 44.9 Å². The molecule has 2 aliphatic heterocycles. The summed E-state index contributed by atoms with van der Waals surface area (Å²) >= 11 is 6.40. The van der Waals surface area contributed by atoms with Crippen molar-refractivity contribution in [1.29, 1.82) is 0 Å². The first-order valence-electron chi connectivity index (χ1n) is 9.33. The SMILES string of the molecule is CO[C@@H]1CC2CC[C@@H](C1)N2c1c(-c2c(F)cc(F)cc2F)c(Cl)nc2ncnn12. The highest BCUT2D eigenvalue weighted by Crippen LogP contribution is 2.46. The molecule has 1 aromatic carbocycles. The third-order valence-electron chi connectivity index (χ3n) is 5.88. The molecule has 6 nitrogen and oxygen atoms in total. The fraction of sp³-hybridized carbons (Fsp3) is 0.421. The van der Waals surface area contributed by atoms with E-state index in [1.807, 2.05) is 0 Å². The van der Waals surface area contributed by atoms with Crippen LogP contribution in [0.15, 0.2) is 18.5 Å². The van der Waals surface area contributed by atoms with Gasteiger partial charge in [0, 0.05) is 31.3 Å². The van der Waals surface area contributed by atoms with E-state index in [-0.39, 0.29) is 34.7 Å². The number of benzene rings is 1. The highest BCUT2D eigenvalue weighted by atomic mass is 35.5. The van der Waals surface area contributed by atoms with E-state index in [9.17, 15) is 13.2 Å². The molecule has 0 amide bonds. The summed E-state index contributed by atoms with van der Waals surface area (Å²) < 4.78 is 50.0. The standard InChI is InChI=1S/C19H17ClF3N5O/c1-29-12-6-10-2-3-11(7-12)27(10)18-16(15-13(22)4-9(21)5-14(15)23)17(20)26-19-24-8-25-28(18)19/h4-5,8,10-12H,2-3,6-7H2,1H3/t10-,11?,12-/m0/s1. The molecule has 152 valence electrons. The summed E-state index contributed by atoms with van der Waals surface area (Å²) in [6.07, 6.45) is 4.80. The van der Waals surface area contributed by atoms with Crippen LogP contribution < -0.4 is 4.90 Å². The van der Waals surface area contributed by atoms with E-state index in [2.05, 4.69) is 20.0 Å². The normalized spacial score (nSPS) is 23.9. The van der Waals surface area contributed by atoms with Gasteiger partial charge in [0.1, 0.15) is 34.7 Å². The topological polar surface area (TPSA) is 55.5 Å². The van der Waals surface area contributed by atoms with Crippen molar-refractivity contribution >= 4 is 23.2 Å². The van der Waals surface area contributed by atoms with Gasteiger partial charge in [-0.1, -0.05) is 11.6 Å². The summed E-state index contributed by atoms with van der Waals surface area (Å²) in [5.41, 5.74) is -0.378. The highest BCUT2D eigenvalue weighted by Gasteiger charge is 2.44. The van der Waals surface area contributed by atoms with Crippen LogP contribution in [0, 0.1) is 17.5 Å². The van der Waals surface area contributed by atoms with Crippen molar-refractivity contribution in [3.05, 3.63) is 41.1 Å². The van der Waals surface area contributed by atoms with E-state index >= 15 is 0 Å². The Morgan fingerprint density at radius 1 is 1.07 bits per heavy atom. The van der Waals surface area contributed by atoms with E-state index < -0.39 is 23.0 Å². The Morgan fingerprint density at radius 3 is 2.34 bits per heavy atom. The number of aromatic nitrogens is 4.